The van der Waals surface area contributed by atoms with Crippen LogP contribution in [0.25, 0.3) is 0 Å². The molecule has 0 aromatic heterocycles. The van der Waals surface area contributed by atoms with Crippen molar-refractivity contribution in [3.63, 3.8) is 0 Å². The van der Waals surface area contributed by atoms with Crippen molar-refractivity contribution >= 4 is 17.8 Å². The summed E-state index contributed by atoms with van der Waals surface area (Å²) < 4.78 is 10.7. The van der Waals surface area contributed by atoms with Crippen LogP contribution >= 0.6 is 0 Å². The van der Waals surface area contributed by atoms with Gasteiger partial charge in [0.2, 0.25) is 5.91 Å². The normalized spacial score (nSPS) is 21.5. The van der Waals surface area contributed by atoms with Crippen LogP contribution < -0.4 is 15.4 Å². The molecule has 0 unspecified atom stereocenters. The van der Waals surface area contributed by atoms with Gasteiger partial charge in [0.15, 0.2) is 12.7 Å². The van der Waals surface area contributed by atoms with Crippen molar-refractivity contribution < 1.29 is 29.0 Å². The lowest BCUT2D eigenvalue weighted by molar-refractivity contribution is -0.151. The largest absolute Gasteiger partial charge is 0.484 e. The van der Waals surface area contributed by atoms with Crippen LogP contribution in [-0.2, 0) is 25.5 Å². The number of hydrogen-bond donors (Lipinski definition) is 3. The van der Waals surface area contributed by atoms with E-state index in [0.717, 1.165) is 18.4 Å². The van der Waals surface area contributed by atoms with Gasteiger partial charge in [-0.2, -0.15) is 0 Å². The number of nitrogens with one attached hydrogen (secondary N) is 2. The molecule has 1 aromatic carbocycles. The number of carboxylic acid groups (broad SMARTS) is 1. The fourth-order valence-electron chi connectivity index (χ4n) is 2.85. The molecule has 2 aliphatic rings. The molecule has 1 aliphatic carbocycles. The Kier molecular flexibility index (Phi) is 6.28. The molecule has 1 saturated carbocycles. The number of ether oxygens (including phenoxy) is 2. The summed E-state index contributed by atoms with van der Waals surface area (Å²) in [5.74, 6) is -0.797. The Morgan fingerprint density at radius 1 is 1.07 bits per heavy atom. The molecule has 3 N–H and O–H groups in total. The average Bonchev–Trinajstić information content (AvgIpc) is 3.31. The van der Waals surface area contributed by atoms with E-state index < -0.39 is 18.2 Å². The molecule has 146 valence electrons. The maximum Gasteiger partial charge on any atom is 0.332 e. The monoisotopic (exact) mass is 376 g/mol. The first-order valence-corrected chi connectivity index (χ1v) is 9.18. The summed E-state index contributed by atoms with van der Waals surface area (Å²) in [6.07, 6.45) is 1.91. The highest BCUT2D eigenvalue weighted by molar-refractivity contribution is 5.82. The van der Waals surface area contributed by atoms with Gasteiger partial charge in [0.05, 0.1) is 0 Å². The van der Waals surface area contributed by atoms with E-state index in [1.165, 1.54) is 0 Å². The van der Waals surface area contributed by atoms with Crippen LogP contribution in [-0.4, -0.2) is 54.3 Å². The van der Waals surface area contributed by atoms with Crippen LogP contribution in [0, 0.1) is 0 Å². The van der Waals surface area contributed by atoms with Gasteiger partial charge in [0.1, 0.15) is 11.9 Å². The topological polar surface area (TPSA) is 114 Å². The van der Waals surface area contributed by atoms with Crippen molar-refractivity contribution in [3.8, 4) is 5.75 Å². The van der Waals surface area contributed by atoms with Crippen LogP contribution in [0.2, 0.25) is 0 Å². The summed E-state index contributed by atoms with van der Waals surface area (Å²) in [5, 5.41) is 14.5. The highest BCUT2D eigenvalue weighted by Gasteiger charge is 2.34. The number of aliphatic carboxylic acids is 1. The lowest BCUT2D eigenvalue weighted by atomic mass is 10.1. The molecule has 8 heteroatoms. The second-order valence-corrected chi connectivity index (χ2v) is 6.84. The molecular formula is C19H24N2O6. The standard InChI is InChI=1S/C19H24N2O6/c22-17(21-13-3-4-13)11-26-14-5-1-12(2-6-14)9-10-20-18(23)15-7-8-16(27-15)19(24)25/h1-2,5-6,13,15-16H,3-4,7-11H2,(H,20,23)(H,21,22)(H,24,25)/t15-,16+/m0/s1. The van der Waals surface area contributed by atoms with Gasteiger partial charge in [-0.25, -0.2) is 4.79 Å². The number of rotatable bonds is 9. The molecule has 1 aromatic rings. The van der Waals surface area contributed by atoms with Gasteiger partial charge in [-0.05, 0) is 49.8 Å². The molecule has 8 nitrogen and oxygen atoms in total. The molecule has 1 aliphatic heterocycles. The zero-order valence-electron chi connectivity index (χ0n) is 15.0. The third-order valence-corrected chi connectivity index (χ3v) is 4.54. The van der Waals surface area contributed by atoms with Crippen molar-refractivity contribution in [2.45, 2.75) is 50.4 Å². The summed E-state index contributed by atoms with van der Waals surface area (Å²) in [6.45, 7) is 0.436. The van der Waals surface area contributed by atoms with E-state index in [9.17, 15) is 14.4 Å². The van der Waals surface area contributed by atoms with Crippen LogP contribution in [0.5, 0.6) is 5.75 Å². The van der Waals surface area contributed by atoms with Crippen LogP contribution in [0.3, 0.4) is 0 Å². The first-order chi connectivity index (χ1) is 13.0. The summed E-state index contributed by atoms with van der Waals surface area (Å²) in [6, 6.07) is 7.67. The van der Waals surface area contributed by atoms with E-state index in [-0.39, 0.29) is 18.4 Å². The van der Waals surface area contributed by atoms with E-state index in [1.807, 2.05) is 12.1 Å². The Bertz CT molecular complexity index is 686. The molecule has 0 radical (unpaired) electrons. The predicted octanol–water partition coefficient (Wildman–Crippen LogP) is 0.635. The molecule has 1 saturated heterocycles. The number of benzene rings is 1. The number of carbonyl (C=O) groups excluding carboxylic acids is 2. The van der Waals surface area contributed by atoms with Gasteiger partial charge in [0.25, 0.3) is 5.91 Å². The van der Waals surface area contributed by atoms with Crippen LogP contribution in [0.1, 0.15) is 31.2 Å². The lowest BCUT2D eigenvalue weighted by Gasteiger charge is -2.12. The summed E-state index contributed by atoms with van der Waals surface area (Å²) in [5.41, 5.74) is 1.01. The first kappa shape index (κ1) is 19.2. The minimum atomic E-state index is -1.03. The van der Waals surface area contributed by atoms with E-state index in [0.29, 0.717) is 37.6 Å². The Morgan fingerprint density at radius 3 is 2.41 bits per heavy atom. The Labute approximate surface area is 157 Å². The number of amides is 2. The Morgan fingerprint density at radius 2 is 1.78 bits per heavy atom. The van der Waals surface area contributed by atoms with E-state index in [2.05, 4.69) is 10.6 Å². The Balaban J connectivity index is 1.34. The van der Waals surface area contributed by atoms with Gasteiger partial charge >= 0.3 is 5.97 Å². The number of hydrogen-bond acceptors (Lipinski definition) is 5. The summed E-state index contributed by atoms with van der Waals surface area (Å²) in [4.78, 5) is 34.4. The third kappa shape index (κ3) is 5.96. The van der Waals surface area contributed by atoms with Crippen molar-refractivity contribution in [2.24, 2.45) is 0 Å². The van der Waals surface area contributed by atoms with Crippen molar-refractivity contribution in [3.05, 3.63) is 29.8 Å². The average molecular weight is 376 g/mol. The zero-order chi connectivity index (χ0) is 19.2. The highest BCUT2D eigenvalue weighted by Crippen LogP contribution is 2.20. The minimum Gasteiger partial charge on any atom is -0.484 e. The quantitative estimate of drug-likeness (QED) is 0.583. The second-order valence-electron chi connectivity index (χ2n) is 6.84. The molecule has 27 heavy (non-hydrogen) atoms. The maximum absolute atomic E-state index is 12.0. The molecule has 2 atom stereocenters. The van der Waals surface area contributed by atoms with Crippen molar-refractivity contribution in [1.29, 1.82) is 0 Å². The van der Waals surface area contributed by atoms with Gasteiger partial charge in [-0.3, -0.25) is 9.59 Å². The fraction of sp³-hybridized carbons (Fsp3) is 0.526. The smallest absolute Gasteiger partial charge is 0.332 e. The molecular weight excluding hydrogens is 352 g/mol. The van der Waals surface area contributed by atoms with Gasteiger partial charge < -0.3 is 25.2 Å². The predicted molar refractivity (Wildman–Crippen MR) is 95.3 cm³/mol. The van der Waals surface area contributed by atoms with Crippen LogP contribution in [0.4, 0.5) is 0 Å². The zero-order valence-corrected chi connectivity index (χ0v) is 15.0. The third-order valence-electron chi connectivity index (χ3n) is 4.54. The molecule has 3 rings (SSSR count). The first-order valence-electron chi connectivity index (χ1n) is 9.18. The molecule has 1 heterocycles. The highest BCUT2D eigenvalue weighted by atomic mass is 16.5. The van der Waals surface area contributed by atoms with Crippen LogP contribution in [0.15, 0.2) is 24.3 Å². The maximum atomic E-state index is 12.0. The second kappa shape index (κ2) is 8.85. The van der Waals surface area contributed by atoms with Crippen molar-refractivity contribution in [2.75, 3.05) is 13.2 Å². The summed E-state index contributed by atoms with van der Waals surface area (Å²) >= 11 is 0. The van der Waals surface area contributed by atoms with E-state index in [4.69, 9.17) is 14.6 Å². The van der Waals surface area contributed by atoms with E-state index >= 15 is 0 Å². The molecule has 0 bridgehead atoms. The molecule has 0 spiro atoms. The van der Waals surface area contributed by atoms with Gasteiger partial charge in [-0.1, -0.05) is 12.1 Å². The number of carbonyl (C=O) groups is 3. The minimum absolute atomic E-state index is 0.00459. The summed E-state index contributed by atoms with van der Waals surface area (Å²) in [7, 11) is 0. The number of carboxylic acids is 1. The van der Waals surface area contributed by atoms with Crippen molar-refractivity contribution in [1.82, 2.24) is 10.6 Å². The Hall–Kier alpha value is -2.61. The van der Waals surface area contributed by atoms with Gasteiger partial charge in [0, 0.05) is 12.6 Å². The molecule has 2 amide bonds. The van der Waals surface area contributed by atoms with Gasteiger partial charge in [-0.15, -0.1) is 0 Å². The molecule has 2 fully saturated rings. The lowest BCUT2D eigenvalue weighted by Crippen LogP contribution is -2.36. The fourth-order valence-corrected chi connectivity index (χ4v) is 2.85. The van der Waals surface area contributed by atoms with E-state index in [1.54, 1.807) is 12.1 Å². The SMILES string of the molecule is O=C(COc1ccc(CCNC(=O)[C@@H]2CC[C@H](C(=O)O)O2)cc1)NC1CC1.